The summed E-state index contributed by atoms with van der Waals surface area (Å²) in [5, 5.41) is 3.79. The summed E-state index contributed by atoms with van der Waals surface area (Å²) in [6.45, 7) is 9.70. The summed E-state index contributed by atoms with van der Waals surface area (Å²) >= 11 is 0. The van der Waals surface area contributed by atoms with Crippen LogP contribution < -0.4 is 10.1 Å². The molecule has 1 aromatic rings. The normalized spacial score (nSPS) is 29.9. The first kappa shape index (κ1) is 15.9. The van der Waals surface area contributed by atoms with Crippen LogP contribution in [0.3, 0.4) is 0 Å². The van der Waals surface area contributed by atoms with Crippen molar-refractivity contribution in [3.8, 4) is 5.75 Å². The second-order valence-corrected chi connectivity index (χ2v) is 6.37. The zero-order chi connectivity index (χ0) is 15.5. The predicted octanol–water partition coefficient (Wildman–Crippen LogP) is 3.78. The van der Waals surface area contributed by atoms with E-state index in [0.29, 0.717) is 12.0 Å². The van der Waals surface area contributed by atoms with E-state index in [1.54, 1.807) is 7.11 Å². The Morgan fingerprint density at radius 3 is 2.81 bits per heavy atom. The summed E-state index contributed by atoms with van der Waals surface area (Å²) in [5.41, 5.74) is 1.12. The number of nitrogens with one attached hydrogen (secondary N) is 1. The number of anilines is 1. The molecule has 1 heterocycles. The monoisotopic (exact) mass is 288 g/mol. The van der Waals surface area contributed by atoms with Crippen molar-refractivity contribution in [2.24, 2.45) is 5.92 Å². The largest absolute Gasteiger partial charge is 0.495 e. The van der Waals surface area contributed by atoms with Gasteiger partial charge in [0.1, 0.15) is 5.75 Å². The van der Waals surface area contributed by atoms with E-state index in [1.807, 2.05) is 18.2 Å². The van der Waals surface area contributed by atoms with Crippen LogP contribution in [0.25, 0.3) is 0 Å². The summed E-state index contributed by atoms with van der Waals surface area (Å²) in [7, 11) is 3.93. The van der Waals surface area contributed by atoms with Crippen molar-refractivity contribution in [1.29, 1.82) is 0 Å². The van der Waals surface area contributed by atoms with Gasteiger partial charge in [-0.05, 0) is 44.9 Å². The molecule has 3 nitrogen and oxygen atoms in total. The summed E-state index contributed by atoms with van der Waals surface area (Å²) in [5.74, 6) is 1.45. The third kappa shape index (κ3) is 3.24. The Balaban J connectivity index is 2.31. The van der Waals surface area contributed by atoms with Gasteiger partial charge < -0.3 is 15.0 Å². The number of hydrogen-bond acceptors (Lipinski definition) is 3. The van der Waals surface area contributed by atoms with Gasteiger partial charge in [-0.2, -0.15) is 0 Å². The SMILES string of the molecule is C=CCC1(Nc2ccccc2OC)CC(C)N(C)CC1C. The lowest BCUT2D eigenvalue weighted by molar-refractivity contribution is 0.0926. The van der Waals surface area contributed by atoms with Crippen LogP contribution >= 0.6 is 0 Å². The number of likely N-dealkylation sites (tertiary alicyclic amines) is 1. The molecule has 2 rings (SSSR count). The molecule has 1 aliphatic rings. The van der Waals surface area contributed by atoms with Crippen LogP contribution in [0.2, 0.25) is 0 Å². The first-order chi connectivity index (χ1) is 10.0. The zero-order valence-electron chi connectivity index (χ0n) is 13.7. The minimum atomic E-state index is 0.0440. The van der Waals surface area contributed by atoms with Crippen molar-refractivity contribution >= 4 is 5.69 Å². The molecule has 1 aromatic carbocycles. The van der Waals surface area contributed by atoms with E-state index >= 15 is 0 Å². The highest BCUT2D eigenvalue weighted by Gasteiger charge is 2.42. The Kier molecular flexibility index (Phi) is 4.94. The summed E-state index contributed by atoms with van der Waals surface area (Å²) in [6.07, 6.45) is 4.11. The van der Waals surface area contributed by atoms with Gasteiger partial charge in [-0.15, -0.1) is 6.58 Å². The van der Waals surface area contributed by atoms with Crippen LogP contribution in [0, 0.1) is 5.92 Å². The van der Waals surface area contributed by atoms with E-state index in [1.165, 1.54) is 0 Å². The van der Waals surface area contributed by atoms with Crippen LogP contribution in [-0.4, -0.2) is 37.2 Å². The molecule has 1 fully saturated rings. The van der Waals surface area contributed by atoms with Crippen molar-refractivity contribution < 1.29 is 4.74 Å². The highest BCUT2D eigenvalue weighted by Crippen LogP contribution is 2.39. The molecule has 0 aromatic heterocycles. The molecule has 0 aliphatic carbocycles. The number of hydrogen-bond donors (Lipinski definition) is 1. The molecule has 3 heteroatoms. The van der Waals surface area contributed by atoms with Crippen LogP contribution in [0.4, 0.5) is 5.69 Å². The maximum atomic E-state index is 5.49. The van der Waals surface area contributed by atoms with Gasteiger partial charge in [0.25, 0.3) is 0 Å². The number of methoxy groups -OCH3 is 1. The lowest BCUT2D eigenvalue weighted by Crippen LogP contribution is -2.57. The average molecular weight is 288 g/mol. The van der Waals surface area contributed by atoms with E-state index < -0.39 is 0 Å². The molecule has 116 valence electrons. The van der Waals surface area contributed by atoms with Gasteiger partial charge >= 0.3 is 0 Å². The molecular weight excluding hydrogens is 260 g/mol. The Morgan fingerprint density at radius 1 is 1.43 bits per heavy atom. The van der Waals surface area contributed by atoms with Gasteiger partial charge in [-0.25, -0.2) is 0 Å². The van der Waals surface area contributed by atoms with Gasteiger partial charge in [0, 0.05) is 18.1 Å². The highest BCUT2D eigenvalue weighted by molar-refractivity contribution is 5.58. The first-order valence-electron chi connectivity index (χ1n) is 7.74. The molecule has 0 bridgehead atoms. The Bertz CT molecular complexity index is 488. The Morgan fingerprint density at radius 2 is 2.14 bits per heavy atom. The molecule has 1 aliphatic heterocycles. The van der Waals surface area contributed by atoms with E-state index in [4.69, 9.17) is 4.74 Å². The topological polar surface area (TPSA) is 24.5 Å². The molecule has 0 radical (unpaired) electrons. The lowest BCUT2D eigenvalue weighted by Gasteiger charge is -2.49. The third-order valence-electron chi connectivity index (χ3n) is 4.92. The number of para-hydroxylation sites is 2. The predicted molar refractivity (Wildman–Crippen MR) is 90.0 cm³/mol. The molecule has 1 N–H and O–H groups in total. The van der Waals surface area contributed by atoms with Crippen LogP contribution in [0.1, 0.15) is 26.7 Å². The fourth-order valence-corrected chi connectivity index (χ4v) is 3.45. The van der Waals surface area contributed by atoms with Gasteiger partial charge in [0.2, 0.25) is 0 Å². The number of nitrogens with zero attached hydrogens (tertiary/aromatic N) is 1. The Hall–Kier alpha value is -1.48. The highest BCUT2D eigenvalue weighted by atomic mass is 16.5. The van der Waals surface area contributed by atoms with E-state index in [-0.39, 0.29) is 5.54 Å². The molecule has 0 saturated carbocycles. The van der Waals surface area contributed by atoms with Crippen molar-refractivity contribution in [3.05, 3.63) is 36.9 Å². The zero-order valence-corrected chi connectivity index (χ0v) is 13.7. The average Bonchev–Trinajstić information content (AvgIpc) is 2.46. The number of ether oxygens (including phenoxy) is 1. The first-order valence-corrected chi connectivity index (χ1v) is 7.74. The number of rotatable bonds is 5. The van der Waals surface area contributed by atoms with Crippen molar-refractivity contribution in [1.82, 2.24) is 4.90 Å². The van der Waals surface area contributed by atoms with E-state index in [0.717, 1.165) is 30.8 Å². The van der Waals surface area contributed by atoms with Gasteiger partial charge in [-0.1, -0.05) is 25.1 Å². The second kappa shape index (κ2) is 6.52. The molecule has 3 unspecified atom stereocenters. The van der Waals surface area contributed by atoms with Gasteiger partial charge in [-0.3, -0.25) is 0 Å². The molecule has 0 spiro atoms. The molecule has 0 amide bonds. The number of benzene rings is 1. The fraction of sp³-hybridized carbons (Fsp3) is 0.556. The smallest absolute Gasteiger partial charge is 0.141 e. The van der Waals surface area contributed by atoms with E-state index in [2.05, 4.69) is 49.8 Å². The van der Waals surface area contributed by atoms with Crippen molar-refractivity contribution in [2.45, 2.75) is 38.3 Å². The quantitative estimate of drug-likeness (QED) is 0.834. The molecule has 3 atom stereocenters. The van der Waals surface area contributed by atoms with Gasteiger partial charge in [0.05, 0.1) is 12.8 Å². The summed E-state index contributed by atoms with van der Waals surface area (Å²) in [4.78, 5) is 2.44. The summed E-state index contributed by atoms with van der Waals surface area (Å²) < 4.78 is 5.49. The van der Waals surface area contributed by atoms with Gasteiger partial charge in [0.15, 0.2) is 0 Å². The molecular formula is C18H28N2O. The van der Waals surface area contributed by atoms with Crippen LogP contribution in [0.15, 0.2) is 36.9 Å². The number of piperidine rings is 1. The fourth-order valence-electron chi connectivity index (χ4n) is 3.45. The third-order valence-corrected chi connectivity index (χ3v) is 4.92. The maximum absolute atomic E-state index is 5.49. The van der Waals surface area contributed by atoms with Crippen molar-refractivity contribution in [3.63, 3.8) is 0 Å². The standard InChI is InChI=1S/C18H28N2O/c1-6-11-18(12-15(3)20(4)13-14(18)2)19-16-9-7-8-10-17(16)21-5/h6-10,14-15,19H,1,11-13H2,2-5H3. The maximum Gasteiger partial charge on any atom is 0.141 e. The Labute approximate surface area is 129 Å². The lowest BCUT2D eigenvalue weighted by atomic mass is 9.73. The summed E-state index contributed by atoms with van der Waals surface area (Å²) in [6, 6.07) is 8.72. The van der Waals surface area contributed by atoms with Crippen molar-refractivity contribution in [2.75, 3.05) is 26.0 Å². The minimum Gasteiger partial charge on any atom is -0.495 e. The second-order valence-electron chi connectivity index (χ2n) is 6.37. The van der Waals surface area contributed by atoms with Crippen LogP contribution in [0.5, 0.6) is 5.75 Å². The molecule has 1 saturated heterocycles. The minimum absolute atomic E-state index is 0.0440. The molecule has 21 heavy (non-hydrogen) atoms. The van der Waals surface area contributed by atoms with Crippen LogP contribution in [-0.2, 0) is 0 Å². The van der Waals surface area contributed by atoms with E-state index in [9.17, 15) is 0 Å².